The normalized spacial score (nSPS) is 14.3. The molecule has 2 heteroatoms. The van der Waals surface area contributed by atoms with Crippen LogP contribution in [0.1, 0.15) is 35.8 Å². The van der Waals surface area contributed by atoms with Gasteiger partial charge in [-0.1, -0.05) is 55.5 Å². The number of fused-ring (bicyclic) bond motifs is 1. The summed E-state index contributed by atoms with van der Waals surface area (Å²) in [4.78, 5) is 0. The summed E-state index contributed by atoms with van der Waals surface area (Å²) in [6.45, 7) is 4.20. The Bertz CT molecular complexity index is 715. The van der Waals surface area contributed by atoms with Gasteiger partial charge >= 0.3 is 0 Å². The Morgan fingerprint density at radius 1 is 1.00 bits per heavy atom. The third kappa shape index (κ3) is 2.23. The van der Waals surface area contributed by atoms with Crippen LogP contribution < -0.4 is 5.73 Å². The molecule has 0 spiro atoms. The van der Waals surface area contributed by atoms with E-state index in [0.717, 1.165) is 22.3 Å². The quantitative estimate of drug-likeness (QED) is 0.754. The van der Waals surface area contributed by atoms with Crippen molar-refractivity contribution in [1.29, 1.82) is 0 Å². The summed E-state index contributed by atoms with van der Waals surface area (Å²) in [7, 11) is 0. The highest BCUT2D eigenvalue weighted by molar-refractivity contribution is 5.81. The van der Waals surface area contributed by atoms with Gasteiger partial charge in [-0.15, -0.1) is 0 Å². The van der Waals surface area contributed by atoms with Gasteiger partial charge in [0.25, 0.3) is 0 Å². The maximum Gasteiger partial charge on any atom is 0.137 e. The van der Waals surface area contributed by atoms with Crippen molar-refractivity contribution in [2.75, 3.05) is 0 Å². The molecule has 0 aliphatic heterocycles. The predicted molar refractivity (Wildman–Crippen MR) is 82.7 cm³/mol. The molecule has 3 rings (SSSR count). The topological polar surface area (TPSA) is 39.2 Å². The zero-order chi connectivity index (χ0) is 14.1. The summed E-state index contributed by atoms with van der Waals surface area (Å²) >= 11 is 0. The first-order chi connectivity index (χ1) is 9.66. The second kappa shape index (κ2) is 5.14. The molecule has 2 nitrogen and oxygen atoms in total. The van der Waals surface area contributed by atoms with E-state index < -0.39 is 0 Å². The van der Waals surface area contributed by atoms with E-state index in [2.05, 4.69) is 44.2 Å². The lowest BCUT2D eigenvalue weighted by molar-refractivity contribution is 0.457. The zero-order valence-electron chi connectivity index (χ0n) is 11.8. The summed E-state index contributed by atoms with van der Waals surface area (Å²) in [6, 6.07) is 18.4. The van der Waals surface area contributed by atoms with Crippen molar-refractivity contribution >= 4 is 11.0 Å². The van der Waals surface area contributed by atoms with Gasteiger partial charge in [-0.05, 0) is 24.1 Å². The van der Waals surface area contributed by atoms with Crippen LogP contribution in [-0.2, 0) is 0 Å². The van der Waals surface area contributed by atoms with Crippen LogP contribution >= 0.6 is 0 Å². The highest BCUT2D eigenvalue weighted by atomic mass is 16.3. The number of benzene rings is 2. The largest absolute Gasteiger partial charge is 0.459 e. The molecule has 0 bridgehead atoms. The lowest BCUT2D eigenvalue weighted by Crippen LogP contribution is -2.16. The average Bonchev–Trinajstić information content (AvgIpc) is 2.92. The van der Waals surface area contributed by atoms with Crippen molar-refractivity contribution < 1.29 is 4.42 Å². The molecule has 1 aromatic heterocycles. The van der Waals surface area contributed by atoms with Gasteiger partial charge in [-0.2, -0.15) is 0 Å². The fourth-order valence-electron chi connectivity index (χ4n) is 2.60. The smallest absolute Gasteiger partial charge is 0.137 e. The lowest BCUT2D eigenvalue weighted by atomic mass is 9.92. The second-order valence-electron chi connectivity index (χ2n) is 5.37. The van der Waals surface area contributed by atoms with Gasteiger partial charge in [0.1, 0.15) is 11.3 Å². The van der Waals surface area contributed by atoms with Crippen LogP contribution in [-0.4, -0.2) is 0 Å². The molecule has 3 aromatic rings. The minimum absolute atomic E-state index is 0.135. The maximum atomic E-state index is 6.39. The molecule has 102 valence electrons. The van der Waals surface area contributed by atoms with E-state index in [1.807, 2.05) is 24.3 Å². The standard InChI is InChI=1S/C18H19NO/c1-12-7-6-10-15-11-16(20-18(12)15)17(19)13(2)14-8-4-3-5-9-14/h3-11,13,17H,19H2,1-2H3. The number of nitrogens with two attached hydrogens (primary N) is 1. The van der Waals surface area contributed by atoms with Gasteiger partial charge < -0.3 is 10.2 Å². The van der Waals surface area contributed by atoms with Crippen LogP contribution in [0.4, 0.5) is 0 Å². The first-order valence-corrected chi connectivity index (χ1v) is 6.96. The van der Waals surface area contributed by atoms with E-state index in [9.17, 15) is 0 Å². The summed E-state index contributed by atoms with van der Waals surface area (Å²) in [6.07, 6.45) is 0. The maximum absolute atomic E-state index is 6.39. The van der Waals surface area contributed by atoms with Gasteiger partial charge in [0.2, 0.25) is 0 Å². The molecule has 1 heterocycles. The Labute approximate surface area is 119 Å². The Balaban J connectivity index is 1.96. The van der Waals surface area contributed by atoms with Crippen LogP contribution in [0, 0.1) is 6.92 Å². The summed E-state index contributed by atoms with van der Waals surface area (Å²) in [5, 5.41) is 1.12. The van der Waals surface area contributed by atoms with E-state index in [0.29, 0.717) is 0 Å². The minimum atomic E-state index is -0.135. The van der Waals surface area contributed by atoms with E-state index in [4.69, 9.17) is 10.2 Å². The molecule has 0 saturated heterocycles. The Hall–Kier alpha value is -2.06. The number of hydrogen-bond donors (Lipinski definition) is 1. The fourth-order valence-corrected chi connectivity index (χ4v) is 2.60. The monoisotopic (exact) mass is 265 g/mol. The summed E-state index contributed by atoms with van der Waals surface area (Å²) < 4.78 is 5.98. The predicted octanol–water partition coefficient (Wildman–Crippen LogP) is 4.54. The molecule has 0 saturated carbocycles. The van der Waals surface area contributed by atoms with Crippen molar-refractivity contribution in [3.63, 3.8) is 0 Å². The van der Waals surface area contributed by atoms with Crippen molar-refractivity contribution in [1.82, 2.24) is 0 Å². The highest BCUT2D eigenvalue weighted by Gasteiger charge is 2.20. The minimum Gasteiger partial charge on any atom is -0.459 e. The molecule has 2 N–H and O–H groups in total. The second-order valence-corrected chi connectivity index (χ2v) is 5.37. The van der Waals surface area contributed by atoms with Crippen LogP contribution in [0.5, 0.6) is 0 Å². The molecule has 2 aromatic carbocycles. The third-order valence-corrected chi connectivity index (χ3v) is 3.95. The molecule has 0 fully saturated rings. The Kier molecular flexibility index (Phi) is 3.33. The molecule has 2 atom stereocenters. The van der Waals surface area contributed by atoms with Crippen molar-refractivity contribution in [2.45, 2.75) is 25.8 Å². The van der Waals surface area contributed by atoms with Crippen molar-refractivity contribution in [3.05, 3.63) is 71.5 Å². The number of hydrogen-bond acceptors (Lipinski definition) is 2. The average molecular weight is 265 g/mol. The molecule has 0 aliphatic rings. The van der Waals surface area contributed by atoms with Crippen molar-refractivity contribution in [3.8, 4) is 0 Å². The van der Waals surface area contributed by atoms with Gasteiger partial charge in [-0.3, -0.25) is 0 Å². The highest BCUT2D eigenvalue weighted by Crippen LogP contribution is 2.32. The Morgan fingerprint density at radius 3 is 2.45 bits per heavy atom. The van der Waals surface area contributed by atoms with Crippen LogP contribution in [0.3, 0.4) is 0 Å². The first kappa shape index (κ1) is 12.9. The van der Waals surface area contributed by atoms with Gasteiger partial charge in [0, 0.05) is 11.3 Å². The Morgan fingerprint density at radius 2 is 1.75 bits per heavy atom. The van der Waals surface area contributed by atoms with Gasteiger partial charge in [0.15, 0.2) is 0 Å². The molecule has 2 unspecified atom stereocenters. The fraction of sp³-hybridized carbons (Fsp3) is 0.222. The number of rotatable bonds is 3. The van der Waals surface area contributed by atoms with E-state index >= 15 is 0 Å². The molecule has 0 aliphatic carbocycles. The van der Waals surface area contributed by atoms with Crippen LogP contribution in [0.2, 0.25) is 0 Å². The van der Waals surface area contributed by atoms with Gasteiger partial charge in [0.05, 0.1) is 6.04 Å². The molecule has 0 radical (unpaired) electrons. The SMILES string of the molecule is Cc1cccc2cc(C(N)C(C)c3ccccc3)oc12. The molecule has 0 amide bonds. The summed E-state index contributed by atoms with van der Waals surface area (Å²) in [5.41, 5.74) is 9.71. The van der Waals surface area contributed by atoms with E-state index in [1.165, 1.54) is 5.56 Å². The zero-order valence-corrected chi connectivity index (χ0v) is 11.8. The first-order valence-electron chi connectivity index (χ1n) is 6.96. The number of furan rings is 1. The van der Waals surface area contributed by atoms with Crippen LogP contribution in [0.25, 0.3) is 11.0 Å². The molecule has 20 heavy (non-hydrogen) atoms. The number of para-hydroxylation sites is 1. The van der Waals surface area contributed by atoms with Crippen LogP contribution in [0.15, 0.2) is 59.0 Å². The number of aryl methyl sites for hydroxylation is 1. The lowest BCUT2D eigenvalue weighted by Gasteiger charge is -2.18. The van der Waals surface area contributed by atoms with Gasteiger partial charge in [-0.25, -0.2) is 0 Å². The van der Waals surface area contributed by atoms with Crippen molar-refractivity contribution in [2.24, 2.45) is 5.73 Å². The van der Waals surface area contributed by atoms with E-state index in [1.54, 1.807) is 0 Å². The summed E-state index contributed by atoms with van der Waals surface area (Å²) in [5.74, 6) is 1.07. The van der Waals surface area contributed by atoms with E-state index in [-0.39, 0.29) is 12.0 Å². The molecular weight excluding hydrogens is 246 g/mol. The molecular formula is C18H19NO. The third-order valence-electron chi connectivity index (χ3n) is 3.95.